The van der Waals surface area contributed by atoms with Crippen LogP contribution < -0.4 is 19.6 Å². The molecule has 1 aliphatic heterocycles. The zero-order valence-corrected chi connectivity index (χ0v) is 18.6. The van der Waals surface area contributed by atoms with Crippen LogP contribution in [0, 0.1) is 0 Å². The summed E-state index contributed by atoms with van der Waals surface area (Å²) < 4.78 is 26.9. The van der Waals surface area contributed by atoms with Crippen molar-refractivity contribution in [2.24, 2.45) is 0 Å². The molecule has 0 radical (unpaired) electrons. The lowest BCUT2D eigenvalue weighted by Crippen LogP contribution is -2.60. The molecule has 2 heterocycles. The molecule has 1 aromatic heterocycles. The Morgan fingerprint density at radius 2 is 1.69 bits per heavy atom. The van der Waals surface area contributed by atoms with Crippen molar-refractivity contribution in [2.75, 3.05) is 20.8 Å². The molecule has 12 nitrogen and oxygen atoms in total. The zero-order chi connectivity index (χ0) is 25.4. The minimum atomic E-state index is -1.67. The highest BCUT2D eigenvalue weighted by molar-refractivity contribution is 5.88. The van der Waals surface area contributed by atoms with Crippen molar-refractivity contribution in [2.45, 2.75) is 30.7 Å². The molecule has 5 atom stereocenters. The third kappa shape index (κ3) is 4.33. The van der Waals surface area contributed by atoms with Crippen LogP contribution in [0.25, 0.3) is 22.3 Å². The number of ether oxygens (including phenoxy) is 4. The van der Waals surface area contributed by atoms with Crippen molar-refractivity contribution in [1.82, 2.24) is 0 Å². The number of aromatic hydroxyl groups is 2. The molecular weight excluding hydrogens is 468 g/mol. The van der Waals surface area contributed by atoms with Crippen LogP contribution in [0.15, 0.2) is 39.5 Å². The van der Waals surface area contributed by atoms with Gasteiger partial charge >= 0.3 is 0 Å². The number of methoxy groups -OCH3 is 2. The maximum atomic E-state index is 13.0. The van der Waals surface area contributed by atoms with Gasteiger partial charge in [-0.25, -0.2) is 0 Å². The summed E-state index contributed by atoms with van der Waals surface area (Å²) in [6.07, 6.45) is -7.59. The van der Waals surface area contributed by atoms with Crippen molar-refractivity contribution in [3.05, 3.63) is 40.6 Å². The van der Waals surface area contributed by atoms with E-state index in [1.165, 1.54) is 44.6 Å². The summed E-state index contributed by atoms with van der Waals surface area (Å²) in [5.41, 5.74) is -0.421. The molecule has 1 aliphatic rings. The number of phenolic OH excluding ortho intramolecular Hbond substituents is 2. The van der Waals surface area contributed by atoms with E-state index in [4.69, 9.17) is 23.4 Å². The first-order valence-corrected chi connectivity index (χ1v) is 10.4. The summed E-state index contributed by atoms with van der Waals surface area (Å²) in [4.78, 5) is 13.0. The second-order valence-electron chi connectivity index (χ2n) is 7.81. The Morgan fingerprint density at radius 3 is 2.31 bits per heavy atom. The molecule has 188 valence electrons. The van der Waals surface area contributed by atoms with Crippen LogP contribution >= 0.6 is 0 Å². The quantitative estimate of drug-likeness (QED) is 0.272. The van der Waals surface area contributed by atoms with Gasteiger partial charge in [0.1, 0.15) is 46.9 Å². The van der Waals surface area contributed by atoms with Crippen LogP contribution in [0.5, 0.6) is 28.7 Å². The summed E-state index contributed by atoms with van der Waals surface area (Å²) >= 11 is 0. The highest BCUT2D eigenvalue weighted by Crippen LogP contribution is 2.39. The highest BCUT2D eigenvalue weighted by atomic mass is 16.7. The highest BCUT2D eigenvalue weighted by Gasteiger charge is 2.45. The van der Waals surface area contributed by atoms with Crippen molar-refractivity contribution in [1.29, 1.82) is 0 Å². The third-order valence-corrected chi connectivity index (χ3v) is 5.66. The first-order valence-electron chi connectivity index (χ1n) is 10.4. The van der Waals surface area contributed by atoms with Gasteiger partial charge in [-0.2, -0.15) is 0 Å². The second-order valence-corrected chi connectivity index (χ2v) is 7.81. The topological polar surface area (TPSA) is 189 Å². The predicted molar refractivity (Wildman–Crippen MR) is 119 cm³/mol. The first-order chi connectivity index (χ1) is 16.7. The average molecular weight is 492 g/mol. The molecule has 4 rings (SSSR count). The van der Waals surface area contributed by atoms with Gasteiger partial charge < -0.3 is 54.0 Å². The van der Waals surface area contributed by atoms with Gasteiger partial charge in [-0.15, -0.1) is 0 Å². The molecular formula is C23H24O12. The second kappa shape index (κ2) is 9.60. The maximum absolute atomic E-state index is 13.0. The Kier molecular flexibility index (Phi) is 6.74. The molecule has 0 bridgehead atoms. The van der Waals surface area contributed by atoms with Crippen molar-refractivity contribution in [3.8, 4) is 40.1 Å². The van der Waals surface area contributed by atoms with Crippen molar-refractivity contribution >= 4 is 11.0 Å². The molecule has 3 aromatic rings. The standard InChI is InChI=1S/C23H24O12/c1-31-10-6-12(26)16-14(7-10)33-21(22(32-2)18(16)28)9-3-4-13(11(25)5-9)34-23-20(30)19(29)17(27)15(8-24)35-23/h3-7,15,17,19-20,23-27,29-30H,8H2,1-2H3/t15-,17-,19+,20-,23-/m1/s1. The van der Waals surface area contributed by atoms with Crippen LogP contribution in [-0.2, 0) is 4.74 Å². The van der Waals surface area contributed by atoms with Gasteiger partial charge in [0.05, 0.1) is 20.8 Å². The van der Waals surface area contributed by atoms with Gasteiger partial charge in [0.25, 0.3) is 0 Å². The van der Waals surface area contributed by atoms with Gasteiger partial charge in [-0.1, -0.05) is 0 Å². The van der Waals surface area contributed by atoms with E-state index in [1.807, 2.05) is 0 Å². The van der Waals surface area contributed by atoms with Gasteiger partial charge in [-0.3, -0.25) is 4.79 Å². The Balaban J connectivity index is 1.71. The number of hydrogen-bond acceptors (Lipinski definition) is 12. The third-order valence-electron chi connectivity index (χ3n) is 5.66. The van der Waals surface area contributed by atoms with Gasteiger partial charge in [-0.05, 0) is 18.2 Å². The Hall–Kier alpha value is -3.55. The smallest absolute Gasteiger partial charge is 0.239 e. The van der Waals surface area contributed by atoms with Crippen molar-refractivity contribution in [3.63, 3.8) is 0 Å². The van der Waals surface area contributed by atoms with Gasteiger partial charge in [0.2, 0.25) is 17.5 Å². The molecule has 0 amide bonds. The molecule has 2 aromatic carbocycles. The molecule has 0 spiro atoms. The number of aliphatic hydroxyl groups excluding tert-OH is 4. The minimum Gasteiger partial charge on any atom is -0.507 e. The summed E-state index contributed by atoms with van der Waals surface area (Å²) in [5.74, 6) is -0.992. The van der Waals surface area contributed by atoms with E-state index in [9.17, 15) is 35.4 Å². The maximum Gasteiger partial charge on any atom is 0.239 e. The van der Waals surface area contributed by atoms with E-state index < -0.39 is 48.5 Å². The van der Waals surface area contributed by atoms with Crippen molar-refractivity contribution < 1.29 is 54.0 Å². The lowest BCUT2D eigenvalue weighted by molar-refractivity contribution is -0.277. The average Bonchev–Trinajstić information content (AvgIpc) is 2.84. The minimum absolute atomic E-state index is 0.0174. The molecule has 12 heteroatoms. The molecule has 35 heavy (non-hydrogen) atoms. The molecule has 0 aliphatic carbocycles. The van der Waals surface area contributed by atoms with Crippen LogP contribution in [-0.4, -0.2) is 82.2 Å². The number of hydrogen-bond donors (Lipinski definition) is 6. The lowest BCUT2D eigenvalue weighted by atomic mass is 9.99. The molecule has 0 unspecified atom stereocenters. The fourth-order valence-corrected chi connectivity index (χ4v) is 3.80. The van der Waals surface area contributed by atoms with E-state index in [0.717, 1.165) is 0 Å². The van der Waals surface area contributed by atoms with Crippen LogP contribution in [0.1, 0.15) is 0 Å². The number of rotatable bonds is 6. The fourth-order valence-electron chi connectivity index (χ4n) is 3.80. The van der Waals surface area contributed by atoms with E-state index in [1.54, 1.807) is 0 Å². The Bertz CT molecular complexity index is 1280. The predicted octanol–water partition coefficient (Wildman–Crippen LogP) is 0.0671. The monoisotopic (exact) mass is 492 g/mol. The lowest BCUT2D eigenvalue weighted by Gasteiger charge is -2.39. The van der Waals surface area contributed by atoms with Crippen LogP contribution in [0.3, 0.4) is 0 Å². The summed E-state index contributed by atoms with van der Waals surface area (Å²) in [7, 11) is 2.63. The molecule has 1 fully saturated rings. The molecule has 6 N–H and O–H groups in total. The van der Waals surface area contributed by atoms with E-state index in [-0.39, 0.29) is 45.3 Å². The van der Waals surface area contributed by atoms with E-state index >= 15 is 0 Å². The number of phenols is 2. The summed E-state index contributed by atoms with van der Waals surface area (Å²) in [5, 5.41) is 59.9. The normalized spacial score (nSPS) is 24.3. The van der Waals surface area contributed by atoms with E-state index in [0.29, 0.717) is 0 Å². The van der Waals surface area contributed by atoms with Gasteiger partial charge in [0.15, 0.2) is 17.3 Å². The number of fused-ring (bicyclic) bond motifs is 1. The SMILES string of the molecule is COc1cc(O)c2c(=O)c(OC)c(-c3ccc(O[C@@H]4O[C@H](CO)[C@@H](O)[C@H](O)[C@H]4O)c(O)c3)oc2c1. The van der Waals surface area contributed by atoms with Crippen LogP contribution in [0.4, 0.5) is 0 Å². The summed E-state index contributed by atoms with van der Waals surface area (Å²) in [6.45, 7) is -0.642. The molecule has 0 saturated carbocycles. The Morgan fingerprint density at radius 1 is 0.943 bits per heavy atom. The zero-order valence-electron chi connectivity index (χ0n) is 18.6. The van der Waals surface area contributed by atoms with Crippen LogP contribution in [0.2, 0.25) is 0 Å². The fraction of sp³-hybridized carbons (Fsp3) is 0.348. The molecule has 1 saturated heterocycles. The first kappa shape index (κ1) is 24.6. The summed E-state index contributed by atoms with van der Waals surface area (Å²) in [6, 6.07) is 6.59. The van der Waals surface area contributed by atoms with E-state index in [2.05, 4.69) is 0 Å². The van der Waals surface area contributed by atoms with Gasteiger partial charge in [0, 0.05) is 17.7 Å². The largest absolute Gasteiger partial charge is 0.507 e. The number of aliphatic hydroxyl groups is 4. The Labute approximate surface area is 197 Å². The number of benzene rings is 2.